The fourth-order valence-electron chi connectivity index (χ4n) is 2.18. The Morgan fingerprint density at radius 1 is 0.963 bits per heavy atom. The minimum absolute atomic E-state index is 0.0276. The summed E-state index contributed by atoms with van der Waals surface area (Å²) in [6, 6.07) is -3.25. The first-order chi connectivity index (χ1) is 12.4. The van der Waals surface area contributed by atoms with Gasteiger partial charge in [0, 0.05) is 0 Å². The van der Waals surface area contributed by atoms with Crippen LogP contribution in [0.2, 0.25) is 0 Å². The molecule has 156 valence electrons. The van der Waals surface area contributed by atoms with Crippen molar-refractivity contribution in [2.75, 3.05) is 6.54 Å². The van der Waals surface area contributed by atoms with Gasteiger partial charge in [-0.15, -0.1) is 0 Å². The number of aliphatic hydroxyl groups excluding tert-OH is 1. The van der Waals surface area contributed by atoms with Crippen molar-refractivity contribution in [3.8, 4) is 0 Å². The minimum Gasteiger partial charge on any atom is -0.480 e. The fourth-order valence-corrected chi connectivity index (χ4v) is 2.18. The van der Waals surface area contributed by atoms with E-state index in [1.807, 2.05) is 13.8 Å². The van der Waals surface area contributed by atoms with Crippen LogP contribution >= 0.6 is 0 Å². The minimum atomic E-state index is -1.49. The zero-order chi connectivity index (χ0) is 21.3. The molecule has 0 aliphatic rings. The van der Waals surface area contributed by atoms with E-state index in [1.54, 1.807) is 13.8 Å². The van der Waals surface area contributed by atoms with Gasteiger partial charge in [0.05, 0.1) is 18.7 Å². The number of aliphatic hydroxyl groups is 1. The number of hydrogen-bond donors (Lipinski definition) is 6. The second-order valence-electron chi connectivity index (χ2n) is 7.30. The average Bonchev–Trinajstić information content (AvgIpc) is 2.54. The van der Waals surface area contributed by atoms with Crippen LogP contribution in [0, 0.1) is 11.8 Å². The molecule has 0 heterocycles. The molecule has 10 nitrogen and oxygen atoms in total. The molecule has 4 unspecified atom stereocenters. The van der Waals surface area contributed by atoms with Crippen LogP contribution in [-0.2, 0) is 19.2 Å². The Balaban J connectivity index is 4.90. The number of carbonyl (C=O) groups excluding carboxylic acids is 3. The lowest BCUT2D eigenvalue weighted by atomic mass is 10.0. The number of nitrogens with two attached hydrogens (primary N) is 1. The van der Waals surface area contributed by atoms with Crippen molar-refractivity contribution in [3.05, 3.63) is 0 Å². The smallest absolute Gasteiger partial charge is 0.328 e. The molecule has 0 saturated heterocycles. The van der Waals surface area contributed by atoms with Crippen LogP contribution in [0.25, 0.3) is 0 Å². The van der Waals surface area contributed by atoms with Gasteiger partial charge in [0.25, 0.3) is 0 Å². The van der Waals surface area contributed by atoms with E-state index in [2.05, 4.69) is 16.0 Å². The van der Waals surface area contributed by atoms with Crippen LogP contribution < -0.4 is 21.7 Å². The molecule has 0 spiro atoms. The number of amides is 3. The summed E-state index contributed by atoms with van der Waals surface area (Å²) in [5.74, 6) is -3.27. The monoisotopic (exact) mass is 388 g/mol. The first kappa shape index (κ1) is 24.8. The molecular formula is C17H32N4O6. The number of nitrogens with one attached hydrogen (secondary N) is 3. The van der Waals surface area contributed by atoms with Crippen LogP contribution in [0.3, 0.4) is 0 Å². The Morgan fingerprint density at radius 3 is 1.93 bits per heavy atom. The quantitative estimate of drug-likeness (QED) is 0.252. The number of rotatable bonds is 11. The van der Waals surface area contributed by atoms with Crippen molar-refractivity contribution in [2.24, 2.45) is 17.6 Å². The second kappa shape index (κ2) is 11.5. The predicted octanol–water partition coefficient (Wildman–Crippen LogP) is -1.43. The Kier molecular flexibility index (Phi) is 10.6. The summed E-state index contributed by atoms with van der Waals surface area (Å²) in [6.07, 6.45) is -1.05. The van der Waals surface area contributed by atoms with Gasteiger partial charge in [0.1, 0.15) is 6.04 Å². The molecule has 0 bridgehead atoms. The molecule has 0 aliphatic carbocycles. The van der Waals surface area contributed by atoms with Gasteiger partial charge in [-0.1, -0.05) is 27.7 Å². The summed E-state index contributed by atoms with van der Waals surface area (Å²) in [6.45, 7) is 8.09. The van der Waals surface area contributed by atoms with Crippen molar-refractivity contribution in [3.63, 3.8) is 0 Å². The third-order valence-corrected chi connectivity index (χ3v) is 3.85. The second-order valence-corrected chi connectivity index (χ2v) is 7.30. The van der Waals surface area contributed by atoms with E-state index < -0.39 is 47.9 Å². The number of carbonyl (C=O) groups is 4. The van der Waals surface area contributed by atoms with Crippen LogP contribution in [0.5, 0.6) is 0 Å². The highest BCUT2D eigenvalue weighted by molar-refractivity contribution is 5.92. The van der Waals surface area contributed by atoms with Gasteiger partial charge in [-0.3, -0.25) is 14.4 Å². The zero-order valence-corrected chi connectivity index (χ0v) is 16.5. The number of hydrogen-bond acceptors (Lipinski definition) is 6. The van der Waals surface area contributed by atoms with Crippen molar-refractivity contribution in [1.82, 2.24) is 16.0 Å². The lowest BCUT2D eigenvalue weighted by molar-refractivity contribution is -0.145. The standard InChI is InChI=1S/C17H32N4O6/c1-8(2)6-11(15(24)21-14(10(5)22)17(26)27)20-12(23)7-19-16(25)13(18)9(3)4/h8-11,13-14,22H,6-7,18H2,1-5H3,(H,19,25)(H,20,23)(H,21,24)(H,26,27). The van der Waals surface area contributed by atoms with Crippen molar-refractivity contribution in [1.29, 1.82) is 0 Å². The molecule has 4 atom stereocenters. The Hall–Kier alpha value is -2.20. The summed E-state index contributed by atoms with van der Waals surface area (Å²) in [7, 11) is 0. The molecule has 0 rings (SSSR count). The summed E-state index contributed by atoms with van der Waals surface area (Å²) in [5.41, 5.74) is 5.69. The largest absolute Gasteiger partial charge is 0.480 e. The lowest BCUT2D eigenvalue weighted by Gasteiger charge is -2.24. The first-order valence-corrected chi connectivity index (χ1v) is 8.90. The van der Waals surface area contributed by atoms with Gasteiger partial charge in [-0.05, 0) is 25.2 Å². The molecule has 27 heavy (non-hydrogen) atoms. The zero-order valence-electron chi connectivity index (χ0n) is 16.5. The third-order valence-electron chi connectivity index (χ3n) is 3.85. The SMILES string of the molecule is CC(C)CC(NC(=O)CNC(=O)C(N)C(C)C)C(=O)NC(C(=O)O)C(C)O. The maximum Gasteiger partial charge on any atom is 0.328 e. The lowest BCUT2D eigenvalue weighted by Crippen LogP contribution is -2.56. The highest BCUT2D eigenvalue weighted by atomic mass is 16.4. The fraction of sp³-hybridized carbons (Fsp3) is 0.765. The topological polar surface area (TPSA) is 171 Å². The molecule has 7 N–H and O–H groups in total. The molecular weight excluding hydrogens is 356 g/mol. The molecule has 0 fully saturated rings. The van der Waals surface area contributed by atoms with Gasteiger partial charge in [0.2, 0.25) is 17.7 Å². The Morgan fingerprint density at radius 2 is 1.52 bits per heavy atom. The summed E-state index contributed by atoms with van der Waals surface area (Å²) < 4.78 is 0. The summed E-state index contributed by atoms with van der Waals surface area (Å²) >= 11 is 0. The summed E-state index contributed by atoms with van der Waals surface area (Å²) in [4.78, 5) is 47.4. The molecule has 0 saturated carbocycles. The maximum absolute atomic E-state index is 12.4. The number of aliphatic carboxylic acids is 1. The molecule has 0 aromatic carbocycles. The van der Waals surface area contributed by atoms with E-state index in [9.17, 15) is 24.3 Å². The molecule has 10 heteroatoms. The van der Waals surface area contributed by atoms with Gasteiger partial charge in [-0.2, -0.15) is 0 Å². The average molecular weight is 388 g/mol. The number of carboxylic acids is 1. The van der Waals surface area contributed by atoms with Gasteiger partial charge >= 0.3 is 5.97 Å². The highest BCUT2D eigenvalue weighted by Crippen LogP contribution is 2.06. The van der Waals surface area contributed by atoms with Crippen molar-refractivity contribution >= 4 is 23.7 Å². The molecule has 0 radical (unpaired) electrons. The van der Waals surface area contributed by atoms with Crippen LogP contribution in [0.4, 0.5) is 0 Å². The van der Waals surface area contributed by atoms with Crippen LogP contribution in [-0.4, -0.2) is 64.7 Å². The normalized spacial score (nSPS) is 15.6. The molecule has 3 amide bonds. The van der Waals surface area contributed by atoms with E-state index in [1.165, 1.54) is 6.92 Å². The Bertz CT molecular complexity index is 536. The van der Waals surface area contributed by atoms with Crippen molar-refractivity contribution in [2.45, 2.75) is 65.3 Å². The van der Waals surface area contributed by atoms with E-state index in [0.29, 0.717) is 0 Å². The van der Waals surface area contributed by atoms with E-state index >= 15 is 0 Å². The highest BCUT2D eigenvalue weighted by Gasteiger charge is 2.30. The Labute approximate surface area is 159 Å². The van der Waals surface area contributed by atoms with Gasteiger partial charge < -0.3 is 31.9 Å². The molecule has 0 aromatic heterocycles. The first-order valence-electron chi connectivity index (χ1n) is 8.90. The van der Waals surface area contributed by atoms with E-state index in [-0.39, 0.29) is 24.8 Å². The number of carboxylic acid groups (broad SMARTS) is 1. The van der Waals surface area contributed by atoms with Crippen LogP contribution in [0.1, 0.15) is 41.0 Å². The molecule has 0 aromatic rings. The van der Waals surface area contributed by atoms with Crippen molar-refractivity contribution < 1.29 is 29.4 Å². The third kappa shape index (κ3) is 9.34. The van der Waals surface area contributed by atoms with Crippen LogP contribution in [0.15, 0.2) is 0 Å². The summed E-state index contributed by atoms with van der Waals surface area (Å²) in [5, 5.41) is 25.6. The van der Waals surface area contributed by atoms with Gasteiger partial charge in [0.15, 0.2) is 6.04 Å². The van der Waals surface area contributed by atoms with Gasteiger partial charge in [-0.25, -0.2) is 4.79 Å². The maximum atomic E-state index is 12.4. The molecule has 0 aliphatic heterocycles. The van der Waals surface area contributed by atoms with E-state index in [4.69, 9.17) is 10.8 Å². The van der Waals surface area contributed by atoms with E-state index in [0.717, 1.165) is 0 Å². The predicted molar refractivity (Wildman–Crippen MR) is 98.5 cm³/mol.